The number of benzene rings is 1. The van der Waals surface area contributed by atoms with Gasteiger partial charge in [0.2, 0.25) is 0 Å². The Hall–Kier alpha value is -0.184. The van der Waals surface area contributed by atoms with E-state index in [2.05, 4.69) is 10.1 Å². The van der Waals surface area contributed by atoms with Gasteiger partial charge >= 0.3 is 51.4 Å². The smallest absolute Gasteiger partial charge is 0.545 e. The molecule has 0 spiro atoms. The van der Waals surface area contributed by atoms with Gasteiger partial charge in [0.25, 0.3) is 0 Å². The molecule has 112 valence electrons. The number of aromatic nitrogens is 3. The number of carbonyl (C=O) groups excluding carboxylic acids is 1. The van der Waals surface area contributed by atoms with Crippen molar-refractivity contribution in [3.63, 3.8) is 0 Å². The Bertz CT molecular complexity index is 878. The van der Waals surface area contributed by atoms with Gasteiger partial charge in [-0.05, 0) is 18.2 Å². The van der Waals surface area contributed by atoms with Crippen LogP contribution in [-0.2, 0) is 6.54 Å². The zero-order valence-electron chi connectivity index (χ0n) is 11.9. The van der Waals surface area contributed by atoms with Crippen LogP contribution in [0.4, 0.5) is 0 Å². The Kier molecular flexibility index (Phi) is 6.49. The Labute approximate surface area is 189 Å². The molecule has 0 bridgehead atoms. The molecule has 0 fully saturated rings. The normalized spacial score (nSPS) is 10.6. The molecule has 9 heteroatoms. The van der Waals surface area contributed by atoms with Gasteiger partial charge in [0.05, 0.1) is 18.0 Å². The van der Waals surface area contributed by atoms with Crippen molar-refractivity contribution in [1.29, 1.82) is 0 Å². The largest absolute Gasteiger partial charge is 1.00 e. The fourth-order valence-electron chi connectivity index (χ4n) is 2.08. The summed E-state index contributed by atoms with van der Waals surface area (Å²) in [5, 5.41) is 16.3. The third kappa shape index (κ3) is 3.91. The van der Waals surface area contributed by atoms with E-state index in [4.69, 9.17) is 34.8 Å². The number of halogens is 3. The Balaban J connectivity index is 0.00000192. The van der Waals surface area contributed by atoms with E-state index in [9.17, 15) is 9.90 Å². The van der Waals surface area contributed by atoms with E-state index in [0.29, 0.717) is 26.6 Å². The zero-order chi connectivity index (χ0) is 15.9. The quantitative estimate of drug-likeness (QED) is 0.577. The van der Waals surface area contributed by atoms with Crippen LogP contribution in [0.5, 0.6) is 0 Å². The fraction of sp³-hybridized carbons (Fsp3) is 0.0714. The van der Waals surface area contributed by atoms with Crippen LogP contribution in [0.3, 0.4) is 0 Å². The summed E-state index contributed by atoms with van der Waals surface area (Å²) in [5.41, 5.74) is 1.46. The molecule has 0 aliphatic rings. The first-order chi connectivity index (χ1) is 10.5. The Morgan fingerprint density at radius 2 is 1.87 bits per heavy atom. The number of hydrogen-bond acceptors (Lipinski definition) is 4. The first-order valence-corrected chi connectivity index (χ1v) is 7.27. The van der Waals surface area contributed by atoms with Gasteiger partial charge in [0.15, 0.2) is 5.15 Å². The van der Waals surface area contributed by atoms with Gasteiger partial charge in [0, 0.05) is 27.4 Å². The minimum absolute atomic E-state index is 0. The van der Waals surface area contributed by atoms with Gasteiger partial charge in [-0.1, -0.05) is 40.9 Å². The molecule has 0 atom stereocenters. The maximum absolute atomic E-state index is 11.0. The van der Waals surface area contributed by atoms with Crippen molar-refractivity contribution in [2.75, 3.05) is 0 Å². The molecule has 23 heavy (non-hydrogen) atoms. The number of rotatable bonds is 3. The first-order valence-electron chi connectivity index (χ1n) is 6.13. The van der Waals surface area contributed by atoms with Gasteiger partial charge in [-0.2, -0.15) is 5.10 Å². The number of carboxylic acid groups (broad SMARTS) is 1. The molecule has 5 nitrogen and oxygen atoms in total. The molecular weight excluding hydrogens is 388 g/mol. The van der Waals surface area contributed by atoms with Gasteiger partial charge in [-0.25, -0.2) is 0 Å². The van der Waals surface area contributed by atoms with Crippen molar-refractivity contribution in [1.82, 2.24) is 14.8 Å². The Morgan fingerprint density at radius 3 is 2.48 bits per heavy atom. The summed E-state index contributed by atoms with van der Waals surface area (Å²) in [5.74, 6) is -1.32. The molecule has 0 saturated heterocycles. The van der Waals surface area contributed by atoms with E-state index in [0.717, 1.165) is 0 Å². The summed E-state index contributed by atoms with van der Waals surface area (Å²) >= 11 is 18.3. The van der Waals surface area contributed by atoms with Crippen molar-refractivity contribution >= 4 is 51.8 Å². The molecule has 0 amide bonds. The van der Waals surface area contributed by atoms with Crippen LogP contribution in [0.2, 0.25) is 15.2 Å². The second-order valence-corrected chi connectivity index (χ2v) is 5.70. The summed E-state index contributed by atoms with van der Waals surface area (Å²) < 4.78 is 1.50. The molecule has 2 aromatic heterocycles. The SMILES string of the molecule is O=C([O-])c1cnc2c(Cl)nn(Cc3c(Cl)cccc3Cl)c2c1.[K+]. The minimum atomic E-state index is -1.32. The summed E-state index contributed by atoms with van der Waals surface area (Å²) in [6.07, 6.45) is 1.18. The predicted molar refractivity (Wildman–Crippen MR) is 82.4 cm³/mol. The molecule has 3 rings (SSSR count). The maximum atomic E-state index is 11.0. The third-order valence-electron chi connectivity index (χ3n) is 3.15. The van der Waals surface area contributed by atoms with Crippen molar-refractivity contribution in [3.05, 3.63) is 56.8 Å². The molecule has 0 aliphatic carbocycles. The minimum Gasteiger partial charge on any atom is -0.545 e. The molecule has 1 aromatic carbocycles. The average Bonchev–Trinajstić information content (AvgIpc) is 2.79. The van der Waals surface area contributed by atoms with Crippen LogP contribution in [0.25, 0.3) is 11.0 Å². The first kappa shape index (κ1) is 19.1. The van der Waals surface area contributed by atoms with E-state index in [-0.39, 0.29) is 68.6 Å². The number of pyridine rings is 1. The second-order valence-electron chi connectivity index (χ2n) is 4.53. The summed E-state index contributed by atoms with van der Waals surface area (Å²) in [6.45, 7) is 0.236. The van der Waals surface area contributed by atoms with Crippen molar-refractivity contribution in [2.24, 2.45) is 0 Å². The molecule has 0 N–H and O–H groups in total. The molecule has 0 aliphatic heterocycles. The van der Waals surface area contributed by atoms with Crippen LogP contribution in [0.15, 0.2) is 30.5 Å². The molecule has 2 heterocycles. The van der Waals surface area contributed by atoms with E-state index in [1.807, 2.05) is 0 Å². The van der Waals surface area contributed by atoms with Crippen LogP contribution >= 0.6 is 34.8 Å². The number of hydrogen-bond donors (Lipinski definition) is 0. The van der Waals surface area contributed by atoms with Crippen LogP contribution in [0, 0.1) is 0 Å². The molecular formula is C14H7Cl3KN3O2. The maximum Gasteiger partial charge on any atom is 1.00 e. The van der Waals surface area contributed by atoms with E-state index in [1.54, 1.807) is 18.2 Å². The summed E-state index contributed by atoms with van der Waals surface area (Å²) in [4.78, 5) is 15.0. The van der Waals surface area contributed by atoms with Crippen molar-refractivity contribution in [3.8, 4) is 0 Å². The number of aromatic carboxylic acids is 1. The van der Waals surface area contributed by atoms with Crippen molar-refractivity contribution in [2.45, 2.75) is 6.54 Å². The van der Waals surface area contributed by atoms with E-state index in [1.165, 1.54) is 16.9 Å². The number of nitrogens with zero attached hydrogens (tertiary/aromatic N) is 3. The monoisotopic (exact) mass is 393 g/mol. The van der Waals surface area contributed by atoms with Gasteiger partial charge in [0.1, 0.15) is 5.52 Å². The third-order valence-corrected chi connectivity index (χ3v) is 4.12. The van der Waals surface area contributed by atoms with Gasteiger partial charge in [-0.3, -0.25) is 9.67 Å². The van der Waals surface area contributed by atoms with Gasteiger partial charge in [-0.15, -0.1) is 0 Å². The Morgan fingerprint density at radius 1 is 1.22 bits per heavy atom. The summed E-state index contributed by atoms with van der Waals surface area (Å²) in [6, 6.07) is 6.56. The number of carbonyl (C=O) groups is 1. The molecule has 3 aromatic rings. The average molecular weight is 395 g/mol. The van der Waals surface area contributed by atoms with E-state index < -0.39 is 5.97 Å². The molecule has 0 saturated carbocycles. The van der Waals surface area contributed by atoms with E-state index >= 15 is 0 Å². The van der Waals surface area contributed by atoms with Crippen LogP contribution < -0.4 is 56.5 Å². The number of carboxylic acids is 1. The topological polar surface area (TPSA) is 70.8 Å². The van der Waals surface area contributed by atoms with Gasteiger partial charge < -0.3 is 9.90 Å². The number of fused-ring (bicyclic) bond motifs is 1. The predicted octanol–water partition coefficient (Wildman–Crippen LogP) is -0.193. The van der Waals surface area contributed by atoms with Crippen molar-refractivity contribution < 1.29 is 61.3 Å². The van der Waals surface area contributed by atoms with Crippen LogP contribution in [0.1, 0.15) is 15.9 Å². The summed E-state index contributed by atoms with van der Waals surface area (Å²) in [7, 11) is 0. The fourth-order valence-corrected chi connectivity index (χ4v) is 2.84. The second kappa shape index (κ2) is 7.80. The van der Waals surface area contributed by atoms with Crippen LogP contribution in [-0.4, -0.2) is 20.7 Å². The molecule has 0 radical (unpaired) electrons. The standard InChI is InChI=1S/C14H8Cl3N3O2.K/c15-9-2-1-3-10(16)8(9)6-20-11-4-7(14(21)22)5-18-12(11)13(17)19-20;/h1-5H,6H2,(H,21,22);/q;+1/p-1. The molecule has 0 unspecified atom stereocenters. The zero-order valence-corrected chi connectivity index (χ0v) is 17.3.